The molecule has 1 aromatic rings. The number of hydrogen-bond donors (Lipinski definition) is 1. The van der Waals surface area contributed by atoms with Crippen molar-refractivity contribution in [3.8, 4) is 0 Å². The van der Waals surface area contributed by atoms with Crippen molar-refractivity contribution in [2.24, 2.45) is 0 Å². The Bertz CT molecular complexity index is 372. The molecule has 2 rings (SSSR count). The fourth-order valence-corrected chi connectivity index (χ4v) is 2.09. The molecule has 0 aliphatic carbocycles. The average molecular weight is 234 g/mol. The lowest BCUT2D eigenvalue weighted by Gasteiger charge is -2.29. The van der Waals surface area contributed by atoms with Crippen molar-refractivity contribution in [3.05, 3.63) is 17.6 Å². The molecule has 0 bridgehead atoms. The van der Waals surface area contributed by atoms with Gasteiger partial charge in [0.2, 0.25) is 0 Å². The lowest BCUT2D eigenvalue weighted by molar-refractivity contribution is 0.582. The van der Waals surface area contributed by atoms with Crippen molar-refractivity contribution >= 4 is 5.82 Å². The van der Waals surface area contributed by atoms with E-state index in [1.165, 1.54) is 5.69 Å². The molecule has 1 aliphatic heterocycles. The van der Waals surface area contributed by atoms with Gasteiger partial charge in [-0.2, -0.15) is 0 Å². The number of aryl methyl sites for hydroxylation is 1. The highest BCUT2D eigenvalue weighted by Gasteiger charge is 2.15. The predicted molar refractivity (Wildman–Crippen MR) is 70.6 cm³/mol. The molecular weight excluding hydrogens is 212 g/mol. The van der Waals surface area contributed by atoms with Crippen LogP contribution in [0.15, 0.2) is 6.07 Å². The smallest absolute Gasteiger partial charge is 0.132 e. The van der Waals surface area contributed by atoms with Crippen LogP contribution < -0.4 is 10.2 Å². The van der Waals surface area contributed by atoms with Gasteiger partial charge >= 0.3 is 0 Å². The second kappa shape index (κ2) is 5.45. The van der Waals surface area contributed by atoms with Crippen molar-refractivity contribution < 1.29 is 0 Å². The van der Waals surface area contributed by atoms with Crippen LogP contribution in [0.4, 0.5) is 5.82 Å². The van der Waals surface area contributed by atoms with Gasteiger partial charge in [-0.1, -0.05) is 13.8 Å². The third-order valence-corrected chi connectivity index (χ3v) is 3.40. The minimum Gasteiger partial charge on any atom is -0.354 e. The Morgan fingerprint density at radius 1 is 1.35 bits per heavy atom. The maximum Gasteiger partial charge on any atom is 0.132 e. The molecule has 1 unspecified atom stereocenters. The zero-order chi connectivity index (χ0) is 12.3. The summed E-state index contributed by atoms with van der Waals surface area (Å²) in [5.74, 6) is 2.49. The summed E-state index contributed by atoms with van der Waals surface area (Å²) in [6.07, 6.45) is 1.12. The molecule has 4 nitrogen and oxygen atoms in total. The van der Waals surface area contributed by atoms with E-state index < -0.39 is 0 Å². The lowest BCUT2D eigenvalue weighted by atomic mass is 10.0. The molecule has 2 heterocycles. The first-order valence-electron chi connectivity index (χ1n) is 6.52. The molecule has 17 heavy (non-hydrogen) atoms. The van der Waals surface area contributed by atoms with Crippen molar-refractivity contribution in [3.63, 3.8) is 0 Å². The third kappa shape index (κ3) is 2.94. The standard InChI is InChI=1S/C13H22N4/c1-4-10(2)12-9-13(16-11(3)15-12)17-7-5-14-6-8-17/h9-10,14H,4-8H2,1-3H3. The minimum absolute atomic E-state index is 0.512. The van der Waals surface area contributed by atoms with Gasteiger partial charge in [0.1, 0.15) is 11.6 Å². The molecule has 1 fully saturated rings. The van der Waals surface area contributed by atoms with Gasteiger partial charge in [-0.15, -0.1) is 0 Å². The first kappa shape index (κ1) is 12.3. The molecule has 0 spiro atoms. The zero-order valence-electron chi connectivity index (χ0n) is 11.0. The van der Waals surface area contributed by atoms with E-state index in [0.717, 1.165) is 44.2 Å². The average Bonchev–Trinajstić information content (AvgIpc) is 2.38. The first-order chi connectivity index (χ1) is 8.20. The van der Waals surface area contributed by atoms with E-state index in [9.17, 15) is 0 Å². The molecule has 1 aromatic heterocycles. The SMILES string of the molecule is CCC(C)c1cc(N2CCNCC2)nc(C)n1. The van der Waals surface area contributed by atoms with E-state index >= 15 is 0 Å². The van der Waals surface area contributed by atoms with Crippen LogP contribution in [-0.4, -0.2) is 36.1 Å². The van der Waals surface area contributed by atoms with Gasteiger partial charge < -0.3 is 10.2 Å². The summed E-state index contributed by atoms with van der Waals surface area (Å²) in [5, 5.41) is 3.36. The van der Waals surface area contributed by atoms with E-state index in [-0.39, 0.29) is 0 Å². The molecule has 1 atom stereocenters. The number of hydrogen-bond acceptors (Lipinski definition) is 4. The Hall–Kier alpha value is -1.16. The number of nitrogens with zero attached hydrogens (tertiary/aromatic N) is 3. The van der Waals surface area contributed by atoms with Crippen LogP contribution in [-0.2, 0) is 0 Å². The van der Waals surface area contributed by atoms with Crippen LogP contribution in [0, 0.1) is 6.92 Å². The Morgan fingerprint density at radius 2 is 2.06 bits per heavy atom. The van der Waals surface area contributed by atoms with E-state index in [1.54, 1.807) is 0 Å². The van der Waals surface area contributed by atoms with Crippen LogP contribution >= 0.6 is 0 Å². The van der Waals surface area contributed by atoms with Crippen molar-refractivity contribution in [2.45, 2.75) is 33.1 Å². The molecule has 0 radical (unpaired) electrons. The summed E-state index contributed by atoms with van der Waals surface area (Å²) in [5.41, 5.74) is 1.17. The minimum atomic E-state index is 0.512. The number of piperazine rings is 1. The summed E-state index contributed by atoms with van der Waals surface area (Å²) in [6, 6.07) is 2.16. The second-order valence-corrected chi connectivity index (χ2v) is 4.74. The molecule has 0 amide bonds. The van der Waals surface area contributed by atoms with Crippen molar-refractivity contribution in [2.75, 3.05) is 31.1 Å². The van der Waals surface area contributed by atoms with E-state index in [2.05, 4.69) is 40.1 Å². The molecule has 94 valence electrons. The summed E-state index contributed by atoms with van der Waals surface area (Å²) in [6.45, 7) is 10.6. The molecular formula is C13H22N4. The van der Waals surface area contributed by atoms with Gasteiger partial charge in [0.25, 0.3) is 0 Å². The van der Waals surface area contributed by atoms with Gasteiger partial charge in [0.05, 0.1) is 0 Å². The van der Waals surface area contributed by atoms with Gasteiger partial charge in [-0.05, 0) is 19.3 Å². The number of rotatable bonds is 3. The Labute approximate surface area is 103 Å². The monoisotopic (exact) mass is 234 g/mol. The summed E-state index contributed by atoms with van der Waals surface area (Å²) < 4.78 is 0. The molecule has 1 aliphatic rings. The van der Waals surface area contributed by atoms with Crippen LogP contribution in [0.2, 0.25) is 0 Å². The maximum absolute atomic E-state index is 4.56. The molecule has 1 saturated heterocycles. The lowest BCUT2D eigenvalue weighted by Crippen LogP contribution is -2.44. The van der Waals surface area contributed by atoms with Crippen molar-refractivity contribution in [1.82, 2.24) is 15.3 Å². The van der Waals surface area contributed by atoms with Crippen LogP contribution in [0.25, 0.3) is 0 Å². The normalized spacial score (nSPS) is 18.2. The molecule has 0 aromatic carbocycles. The quantitative estimate of drug-likeness (QED) is 0.864. The largest absolute Gasteiger partial charge is 0.354 e. The Kier molecular flexibility index (Phi) is 3.94. The van der Waals surface area contributed by atoms with E-state index in [0.29, 0.717) is 5.92 Å². The second-order valence-electron chi connectivity index (χ2n) is 4.74. The highest BCUT2D eigenvalue weighted by Crippen LogP contribution is 2.21. The highest BCUT2D eigenvalue weighted by atomic mass is 15.2. The van der Waals surface area contributed by atoms with Gasteiger partial charge in [0, 0.05) is 37.9 Å². The van der Waals surface area contributed by atoms with Crippen LogP contribution in [0.1, 0.15) is 37.7 Å². The Morgan fingerprint density at radius 3 is 2.71 bits per heavy atom. The van der Waals surface area contributed by atoms with Crippen LogP contribution in [0.3, 0.4) is 0 Å². The van der Waals surface area contributed by atoms with E-state index in [1.807, 2.05) is 6.92 Å². The predicted octanol–water partition coefficient (Wildman–Crippen LogP) is 1.71. The van der Waals surface area contributed by atoms with Crippen LogP contribution in [0.5, 0.6) is 0 Å². The fraction of sp³-hybridized carbons (Fsp3) is 0.692. The zero-order valence-corrected chi connectivity index (χ0v) is 11.0. The summed E-state index contributed by atoms with van der Waals surface area (Å²) >= 11 is 0. The van der Waals surface area contributed by atoms with Gasteiger partial charge in [0.15, 0.2) is 0 Å². The summed E-state index contributed by atoms with van der Waals surface area (Å²) in [7, 11) is 0. The van der Waals surface area contributed by atoms with E-state index in [4.69, 9.17) is 0 Å². The maximum atomic E-state index is 4.56. The van der Waals surface area contributed by atoms with Gasteiger partial charge in [-0.3, -0.25) is 0 Å². The molecule has 4 heteroatoms. The first-order valence-corrected chi connectivity index (χ1v) is 6.52. The number of anilines is 1. The number of aromatic nitrogens is 2. The third-order valence-electron chi connectivity index (χ3n) is 3.40. The number of nitrogens with one attached hydrogen (secondary N) is 1. The Balaban J connectivity index is 2.24. The highest BCUT2D eigenvalue weighted by molar-refractivity contribution is 5.41. The molecule has 0 saturated carbocycles. The van der Waals surface area contributed by atoms with Gasteiger partial charge in [-0.25, -0.2) is 9.97 Å². The topological polar surface area (TPSA) is 41.0 Å². The van der Waals surface area contributed by atoms with Crippen molar-refractivity contribution in [1.29, 1.82) is 0 Å². The fourth-order valence-electron chi connectivity index (χ4n) is 2.09. The molecule has 1 N–H and O–H groups in total. The summed E-state index contributed by atoms with van der Waals surface area (Å²) in [4.78, 5) is 11.5.